The summed E-state index contributed by atoms with van der Waals surface area (Å²) in [5.74, 6) is -0.0604. The van der Waals surface area contributed by atoms with Crippen LogP contribution in [-0.4, -0.2) is 15.0 Å². The zero-order valence-corrected chi connectivity index (χ0v) is 28.2. The highest BCUT2D eigenvalue weighted by Crippen LogP contribution is 2.39. The third-order valence-corrected chi connectivity index (χ3v) is 9.22. The van der Waals surface area contributed by atoms with Crippen LogP contribution in [-0.2, 0) is 0 Å². The van der Waals surface area contributed by atoms with Crippen molar-refractivity contribution in [2.75, 3.05) is 0 Å². The Morgan fingerprint density at radius 3 is 1.64 bits per heavy atom. The van der Waals surface area contributed by atoms with E-state index < -0.39 is 175 Å². The fraction of sp³-hybridized carbons (Fsp3) is 0. The van der Waals surface area contributed by atoms with Crippen LogP contribution in [0, 0.1) is 0 Å². The van der Waals surface area contributed by atoms with Gasteiger partial charge in [-0.1, -0.05) is 163 Å². The number of furan rings is 1. The summed E-state index contributed by atoms with van der Waals surface area (Å²) in [6.45, 7) is 0. The molecule has 0 unspecified atom stereocenters. The SMILES string of the molecule is [2H]c1c([2H])c(-c2c([2H])c([2H])c(-c3nc(-c4ccccc4)nc(-c4cccc5oc6ccccc6c45)n3)c([2H])c2[2H])c([2H])c(-c2c([2H])c([2H])c3c4c([2H])c([2H])c([2H])c([2H])c4c4c([2H])c([2H])c([2H])c([2H])c4c3c2[2H])c1[2H]. The first kappa shape index (κ1) is 17.6. The topological polar surface area (TPSA) is 51.8 Å². The highest BCUT2D eigenvalue weighted by molar-refractivity contribution is 6.25. The molecule has 256 valence electrons. The van der Waals surface area contributed by atoms with Gasteiger partial charge >= 0.3 is 0 Å². The van der Waals surface area contributed by atoms with Crippen LogP contribution in [0.1, 0.15) is 26.0 Å². The van der Waals surface area contributed by atoms with Crippen molar-refractivity contribution >= 4 is 54.3 Å². The summed E-state index contributed by atoms with van der Waals surface area (Å²) in [6, 6.07) is 5.98. The van der Waals surface area contributed by atoms with Crippen LogP contribution in [0.2, 0.25) is 0 Å². The van der Waals surface area contributed by atoms with Crippen molar-refractivity contribution in [3.8, 4) is 56.4 Å². The van der Waals surface area contributed by atoms with Crippen molar-refractivity contribution in [2.45, 2.75) is 0 Å². The van der Waals surface area contributed by atoms with E-state index in [0.29, 0.717) is 27.7 Å². The minimum absolute atomic E-state index is 0.0987. The Kier molecular flexibility index (Phi) is 4.03. The van der Waals surface area contributed by atoms with E-state index in [4.69, 9.17) is 29.5 Å². The maximum Gasteiger partial charge on any atom is 0.164 e. The van der Waals surface area contributed by atoms with Crippen LogP contribution in [0.4, 0.5) is 0 Å². The summed E-state index contributed by atoms with van der Waals surface area (Å²) in [7, 11) is 0. The van der Waals surface area contributed by atoms with Crippen molar-refractivity contribution in [1.82, 2.24) is 15.0 Å². The number of hydrogen-bond donors (Lipinski definition) is 0. The Balaban J connectivity index is 1.19. The van der Waals surface area contributed by atoms with Crippen molar-refractivity contribution in [3.63, 3.8) is 0 Å². The van der Waals surface area contributed by atoms with E-state index in [0.717, 1.165) is 5.39 Å². The summed E-state index contributed by atoms with van der Waals surface area (Å²) >= 11 is 0. The van der Waals surface area contributed by atoms with Gasteiger partial charge in [0, 0.05) is 27.5 Å². The average Bonchev–Trinajstić information content (AvgIpc) is 3.79. The number of para-hydroxylation sites is 1. The van der Waals surface area contributed by atoms with Crippen molar-refractivity contribution in [1.29, 1.82) is 0 Å². The molecule has 9 aromatic carbocycles. The van der Waals surface area contributed by atoms with Gasteiger partial charge in [0.15, 0.2) is 17.5 Å². The first-order chi connectivity index (χ1) is 35.2. The smallest absolute Gasteiger partial charge is 0.164 e. The lowest BCUT2D eigenvalue weighted by Gasteiger charge is -2.13. The van der Waals surface area contributed by atoms with Gasteiger partial charge in [-0.2, -0.15) is 0 Å². The Morgan fingerprint density at radius 2 is 0.891 bits per heavy atom. The van der Waals surface area contributed by atoms with E-state index in [2.05, 4.69) is 4.98 Å². The molecule has 0 N–H and O–H groups in total. The molecule has 11 rings (SSSR count). The van der Waals surface area contributed by atoms with Crippen LogP contribution in [0.15, 0.2) is 192 Å². The molecular formula is C51H31N3O. The van der Waals surface area contributed by atoms with Crippen LogP contribution >= 0.6 is 0 Å². The number of rotatable bonds is 5. The molecule has 0 aliphatic rings. The number of fused-ring (bicyclic) bond motifs is 9. The summed E-state index contributed by atoms with van der Waals surface area (Å²) in [4.78, 5) is 14.2. The van der Waals surface area contributed by atoms with Crippen LogP contribution in [0.5, 0.6) is 0 Å². The molecule has 11 aromatic rings. The van der Waals surface area contributed by atoms with Gasteiger partial charge in [-0.3, -0.25) is 0 Å². The summed E-state index contributed by atoms with van der Waals surface area (Å²) in [5.41, 5.74) is -1.11. The molecule has 2 aromatic heterocycles. The van der Waals surface area contributed by atoms with Crippen LogP contribution in [0.3, 0.4) is 0 Å². The lowest BCUT2D eigenvalue weighted by Crippen LogP contribution is -2.00. The maximum atomic E-state index is 9.70. The van der Waals surface area contributed by atoms with Gasteiger partial charge < -0.3 is 4.42 Å². The van der Waals surface area contributed by atoms with Gasteiger partial charge in [-0.05, 0) is 78.8 Å². The largest absolute Gasteiger partial charge is 0.456 e. The van der Waals surface area contributed by atoms with Gasteiger partial charge in [0.05, 0.1) is 26.0 Å². The van der Waals surface area contributed by atoms with Crippen LogP contribution < -0.4 is 0 Å². The Bertz CT molecular complexity index is 4300. The van der Waals surface area contributed by atoms with Gasteiger partial charge in [0.1, 0.15) is 11.2 Å². The summed E-state index contributed by atoms with van der Waals surface area (Å²) in [6.07, 6.45) is 0. The minimum Gasteiger partial charge on any atom is -0.456 e. The van der Waals surface area contributed by atoms with E-state index in [-0.39, 0.29) is 17.5 Å². The quantitative estimate of drug-likeness (QED) is 0.166. The molecule has 0 atom stereocenters. The van der Waals surface area contributed by atoms with E-state index in [1.54, 1.807) is 48.5 Å². The molecule has 0 saturated carbocycles. The first-order valence-corrected chi connectivity index (χ1v) is 17.0. The van der Waals surface area contributed by atoms with E-state index >= 15 is 0 Å². The molecule has 55 heavy (non-hydrogen) atoms. The molecular weight excluding hydrogens is 671 g/mol. The molecule has 0 fully saturated rings. The van der Waals surface area contributed by atoms with Gasteiger partial charge in [-0.15, -0.1) is 0 Å². The van der Waals surface area contributed by atoms with Crippen molar-refractivity contribution < 1.29 is 30.5 Å². The Labute approximate surface area is 343 Å². The fourth-order valence-corrected chi connectivity index (χ4v) is 6.71. The normalized spacial score (nSPS) is 16.5. The molecule has 0 amide bonds. The number of hydrogen-bond acceptors (Lipinski definition) is 4. The summed E-state index contributed by atoms with van der Waals surface area (Å²) < 4.78 is 179. The molecule has 0 aliphatic heterocycles. The average molecular weight is 721 g/mol. The third kappa shape index (κ3) is 5.26. The van der Waals surface area contributed by atoms with E-state index in [1.165, 1.54) is 0 Å². The zero-order chi connectivity index (χ0) is 52.8. The maximum absolute atomic E-state index is 9.70. The Morgan fingerprint density at radius 1 is 0.345 bits per heavy atom. The molecule has 0 saturated heterocycles. The van der Waals surface area contributed by atoms with Gasteiger partial charge in [-0.25, -0.2) is 15.0 Å². The standard InChI is InChI=1S/C51H31N3O/c1-2-12-33(13-3-1)49-52-50(54-51(53-49)44-21-11-23-47-48(44)43-20-8-9-22-46(43)55-47)34-26-24-32(25-27-34)35-14-10-15-36(30-35)37-28-29-42-40-18-5-4-16-38(40)39-17-6-7-19-41(39)45(42)31-37/h1-31H/i4D,5D,6D,7D,10D,14D,15D,16D,17D,18D,19D,24D,25D,26D,27D,28D,29D,30D,31D. The summed E-state index contributed by atoms with van der Waals surface area (Å²) in [5, 5.41) is -1.28. The monoisotopic (exact) mass is 720 g/mol. The van der Waals surface area contributed by atoms with Gasteiger partial charge in [0.25, 0.3) is 0 Å². The molecule has 0 radical (unpaired) electrons. The second-order valence-electron chi connectivity index (χ2n) is 12.4. The van der Waals surface area contributed by atoms with Gasteiger partial charge in [0.2, 0.25) is 0 Å². The highest BCUT2D eigenvalue weighted by atomic mass is 16.3. The molecule has 4 heteroatoms. The van der Waals surface area contributed by atoms with E-state index in [1.807, 2.05) is 24.3 Å². The molecule has 0 aliphatic carbocycles. The fourth-order valence-electron chi connectivity index (χ4n) is 6.71. The Hall–Kier alpha value is -7.43. The second kappa shape index (κ2) is 12.6. The predicted octanol–water partition coefficient (Wildman–Crippen LogP) is 13.6. The lowest BCUT2D eigenvalue weighted by atomic mass is 9.91. The van der Waals surface area contributed by atoms with E-state index in [9.17, 15) is 11.0 Å². The highest BCUT2D eigenvalue weighted by Gasteiger charge is 2.18. The number of nitrogens with zero attached hydrogens (tertiary/aromatic N) is 3. The molecule has 0 bridgehead atoms. The molecule has 2 heterocycles. The minimum atomic E-state index is -0.938. The first-order valence-electron chi connectivity index (χ1n) is 26.5. The predicted molar refractivity (Wildman–Crippen MR) is 227 cm³/mol. The lowest BCUT2D eigenvalue weighted by molar-refractivity contribution is 0.669. The number of aromatic nitrogens is 3. The van der Waals surface area contributed by atoms with Crippen LogP contribution in [0.25, 0.3) is 111 Å². The molecule has 4 nitrogen and oxygen atoms in total. The third-order valence-electron chi connectivity index (χ3n) is 9.22. The number of benzene rings is 9. The second-order valence-corrected chi connectivity index (χ2v) is 12.4. The van der Waals surface area contributed by atoms with Crippen molar-refractivity contribution in [2.24, 2.45) is 0 Å². The molecule has 0 spiro atoms. The van der Waals surface area contributed by atoms with Crippen molar-refractivity contribution in [3.05, 3.63) is 188 Å². The zero-order valence-electron chi connectivity index (χ0n) is 47.2.